The first-order chi connectivity index (χ1) is 17.4. The standard InChI is InChI=1S/C27H44N2O9/c1-9-24(4)15-17(31)27(35)25(5)16(30)12-13-23(2,3)20(25)19(33)21(26(27,6)38-24)36-22(34)28-37-18(32)11-10-14-29(7)8/h9,16,19-21,30,33,35H,1,10-15H2,2-8H3,(H,28,34)/t16-,19-,20-,21-,24-,25-,26+,27-/m0/s1. The van der Waals surface area contributed by atoms with Crippen LogP contribution in [0.15, 0.2) is 12.7 Å². The van der Waals surface area contributed by atoms with E-state index in [1.807, 2.05) is 38.3 Å². The molecule has 3 aliphatic rings. The summed E-state index contributed by atoms with van der Waals surface area (Å²) in [6.45, 7) is 12.8. The van der Waals surface area contributed by atoms with Crippen molar-refractivity contribution >= 4 is 17.8 Å². The van der Waals surface area contributed by atoms with Crippen LogP contribution in [-0.2, 0) is 23.9 Å². The lowest BCUT2D eigenvalue weighted by Crippen LogP contribution is -2.86. The largest absolute Gasteiger partial charge is 0.441 e. The zero-order valence-electron chi connectivity index (χ0n) is 23.6. The molecule has 0 aromatic carbocycles. The molecule has 0 bridgehead atoms. The van der Waals surface area contributed by atoms with E-state index in [1.54, 1.807) is 13.8 Å². The Morgan fingerprint density at radius 2 is 1.84 bits per heavy atom. The van der Waals surface area contributed by atoms with Gasteiger partial charge in [0.05, 0.1) is 17.8 Å². The number of ether oxygens (including phenoxy) is 2. The Balaban J connectivity index is 1.98. The fourth-order valence-electron chi connectivity index (χ4n) is 7.31. The summed E-state index contributed by atoms with van der Waals surface area (Å²) in [5.74, 6) is -2.14. The second-order valence-electron chi connectivity index (χ2n) is 12.6. The number of hydroxylamine groups is 1. The Hall–Kier alpha value is -2.05. The molecule has 2 aliphatic carbocycles. The molecule has 0 radical (unpaired) electrons. The molecule has 0 aromatic rings. The molecule has 8 atom stereocenters. The van der Waals surface area contributed by atoms with E-state index in [1.165, 1.54) is 13.0 Å². The van der Waals surface area contributed by atoms with E-state index in [9.17, 15) is 29.7 Å². The summed E-state index contributed by atoms with van der Waals surface area (Å²) in [6.07, 6.45) is -2.78. The summed E-state index contributed by atoms with van der Waals surface area (Å²) >= 11 is 0. The zero-order chi connectivity index (χ0) is 28.9. The summed E-state index contributed by atoms with van der Waals surface area (Å²) in [7, 11) is 3.73. The average Bonchev–Trinajstić information content (AvgIpc) is 2.80. The Morgan fingerprint density at radius 1 is 1.21 bits per heavy atom. The van der Waals surface area contributed by atoms with Crippen molar-refractivity contribution in [1.82, 2.24) is 10.4 Å². The molecule has 1 aliphatic heterocycles. The normalized spacial score (nSPS) is 42.0. The number of Topliss-reactive ketones (excluding diaryl/α,β-unsaturated/α-hetero) is 1. The Bertz CT molecular complexity index is 970. The van der Waals surface area contributed by atoms with Crippen LogP contribution in [0, 0.1) is 16.7 Å². The molecule has 0 unspecified atom stereocenters. The van der Waals surface area contributed by atoms with Crippen LogP contribution in [0.2, 0.25) is 0 Å². The summed E-state index contributed by atoms with van der Waals surface area (Å²) in [5, 5.41) is 35.4. The zero-order valence-corrected chi connectivity index (χ0v) is 23.6. The van der Waals surface area contributed by atoms with Crippen molar-refractivity contribution in [2.45, 2.75) is 102 Å². The number of hydrogen-bond donors (Lipinski definition) is 4. The Morgan fingerprint density at radius 3 is 2.42 bits per heavy atom. The highest BCUT2D eigenvalue weighted by molar-refractivity contribution is 5.92. The molecule has 1 heterocycles. The van der Waals surface area contributed by atoms with E-state index in [4.69, 9.17) is 14.3 Å². The van der Waals surface area contributed by atoms with Crippen LogP contribution >= 0.6 is 0 Å². The van der Waals surface area contributed by atoms with Crippen LogP contribution in [0.3, 0.4) is 0 Å². The van der Waals surface area contributed by atoms with Crippen LogP contribution in [0.5, 0.6) is 0 Å². The number of aliphatic hydroxyl groups is 3. The van der Waals surface area contributed by atoms with Crippen LogP contribution in [0.1, 0.15) is 66.7 Å². The van der Waals surface area contributed by atoms with Gasteiger partial charge in [-0.25, -0.2) is 9.59 Å². The van der Waals surface area contributed by atoms with Crippen molar-refractivity contribution in [2.24, 2.45) is 16.7 Å². The first-order valence-electron chi connectivity index (χ1n) is 13.2. The van der Waals surface area contributed by atoms with Crippen molar-refractivity contribution in [3.05, 3.63) is 12.7 Å². The van der Waals surface area contributed by atoms with Crippen molar-refractivity contribution in [3.8, 4) is 0 Å². The van der Waals surface area contributed by atoms with Gasteiger partial charge in [-0.15, -0.1) is 12.1 Å². The van der Waals surface area contributed by atoms with E-state index >= 15 is 0 Å². The Kier molecular flexibility index (Phi) is 8.16. The fourth-order valence-corrected chi connectivity index (χ4v) is 7.31. The number of amides is 1. The average molecular weight is 541 g/mol. The molecule has 11 nitrogen and oxygen atoms in total. The van der Waals surface area contributed by atoms with Gasteiger partial charge in [0.1, 0.15) is 5.60 Å². The number of aliphatic hydroxyl groups excluding tert-OH is 2. The molecule has 1 saturated heterocycles. The monoisotopic (exact) mass is 540 g/mol. The lowest BCUT2D eigenvalue weighted by Gasteiger charge is -2.71. The Labute approximate surface area is 224 Å². The van der Waals surface area contributed by atoms with Crippen molar-refractivity contribution in [1.29, 1.82) is 0 Å². The predicted octanol–water partition coefficient (Wildman–Crippen LogP) is 1.48. The van der Waals surface area contributed by atoms with Gasteiger partial charge in [-0.1, -0.05) is 26.8 Å². The first kappa shape index (κ1) is 30.5. The summed E-state index contributed by atoms with van der Waals surface area (Å²) in [5.41, 5.74) is -5.81. The number of fused-ring (bicyclic) bond motifs is 3. The van der Waals surface area contributed by atoms with Gasteiger partial charge in [0, 0.05) is 24.2 Å². The molecular weight excluding hydrogens is 496 g/mol. The minimum Gasteiger partial charge on any atom is -0.438 e. The van der Waals surface area contributed by atoms with Gasteiger partial charge in [-0.05, 0) is 59.2 Å². The minimum atomic E-state index is -2.34. The molecule has 11 heteroatoms. The third-order valence-corrected chi connectivity index (χ3v) is 9.20. The highest BCUT2D eigenvalue weighted by atomic mass is 16.7. The molecular formula is C27H44N2O9. The van der Waals surface area contributed by atoms with Crippen LogP contribution < -0.4 is 5.48 Å². The minimum absolute atomic E-state index is 0.0593. The number of rotatable bonds is 6. The maximum atomic E-state index is 13.8. The van der Waals surface area contributed by atoms with Gasteiger partial charge in [-0.3, -0.25) is 4.79 Å². The number of ketones is 1. The lowest BCUT2D eigenvalue weighted by atomic mass is 9.40. The molecule has 3 fully saturated rings. The molecule has 2 saturated carbocycles. The highest BCUT2D eigenvalue weighted by Crippen LogP contribution is 2.67. The maximum absolute atomic E-state index is 13.8. The molecule has 4 N–H and O–H groups in total. The maximum Gasteiger partial charge on any atom is 0.441 e. The third kappa shape index (κ3) is 4.66. The predicted molar refractivity (Wildman–Crippen MR) is 137 cm³/mol. The smallest absolute Gasteiger partial charge is 0.438 e. The van der Waals surface area contributed by atoms with E-state index in [2.05, 4.69) is 6.58 Å². The van der Waals surface area contributed by atoms with E-state index in [0.29, 0.717) is 25.8 Å². The SMILES string of the molecule is C=C[C@@]1(C)CC(=O)[C@]2(O)[C@@]3(C)[C@@H](O)CCC(C)(C)[C@@H]3[C@H](O)[C@H](OC(=O)NOC(=O)CCCN(C)C)[C@@]2(C)O1. The quantitative estimate of drug-likeness (QED) is 0.288. The number of carbonyl (C=O) groups is 3. The van der Waals surface area contributed by atoms with Gasteiger partial charge >= 0.3 is 12.1 Å². The third-order valence-electron chi connectivity index (χ3n) is 9.20. The van der Waals surface area contributed by atoms with Gasteiger partial charge in [0.25, 0.3) is 0 Å². The molecule has 1 amide bonds. The van der Waals surface area contributed by atoms with Gasteiger partial charge in [0.2, 0.25) is 0 Å². The van der Waals surface area contributed by atoms with Crippen LogP contribution in [-0.4, -0.2) is 93.8 Å². The summed E-state index contributed by atoms with van der Waals surface area (Å²) < 4.78 is 11.9. The fraction of sp³-hybridized carbons (Fsp3) is 0.815. The molecule has 216 valence electrons. The second kappa shape index (κ2) is 10.2. The molecule has 38 heavy (non-hydrogen) atoms. The number of nitrogens with one attached hydrogen (secondary N) is 1. The molecule has 0 spiro atoms. The van der Waals surface area contributed by atoms with Crippen LogP contribution in [0.25, 0.3) is 0 Å². The molecule has 0 aromatic heterocycles. The summed E-state index contributed by atoms with van der Waals surface area (Å²) in [6, 6.07) is 0. The van der Waals surface area contributed by atoms with E-state index in [0.717, 1.165) is 0 Å². The number of carbonyl (C=O) groups excluding carboxylic acids is 3. The van der Waals surface area contributed by atoms with E-state index < -0.39 is 69.7 Å². The number of hydrogen-bond acceptors (Lipinski definition) is 10. The van der Waals surface area contributed by atoms with Crippen LogP contribution in [0.4, 0.5) is 4.79 Å². The number of nitrogens with zero attached hydrogens (tertiary/aromatic N) is 1. The van der Waals surface area contributed by atoms with Crippen molar-refractivity contribution < 1.29 is 44.0 Å². The first-order valence-corrected chi connectivity index (χ1v) is 13.2. The molecule has 3 rings (SSSR count). The topological polar surface area (TPSA) is 155 Å². The van der Waals surface area contributed by atoms with Crippen molar-refractivity contribution in [2.75, 3.05) is 20.6 Å². The van der Waals surface area contributed by atoms with Gasteiger partial charge in [-0.2, -0.15) is 0 Å². The van der Waals surface area contributed by atoms with Gasteiger partial charge in [0.15, 0.2) is 17.5 Å². The summed E-state index contributed by atoms with van der Waals surface area (Å²) in [4.78, 5) is 45.4. The van der Waals surface area contributed by atoms with Crippen molar-refractivity contribution in [3.63, 3.8) is 0 Å². The van der Waals surface area contributed by atoms with Gasteiger partial charge < -0.3 is 34.5 Å². The second-order valence-corrected chi connectivity index (χ2v) is 12.6. The highest BCUT2D eigenvalue weighted by Gasteiger charge is 2.81. The van der Waals surface area contributed by atoms with E-state index in [-0.39, 0.29) is 12.8 Å². The lowest BCUT2D eigenvalue weighted by molar-refractivity contribution is -0.369.